The molecule has 0 aliphatic rings. The summed E-state index contributed by atoms with van der Waals surface area (Å²) in [7, 11) is 3.75. The number of carboxylic acids is 1. The SMILES string of the molecule is Nc1ccc(Br)c2cccnc12.O=C(Nc1ccc(Br)c2cccnc12)c1cnccn1.O=C(O)c1cnccn1.[3H][B].[U]. The van der Waals surface area contributed by atoms with E-state index in [1.807, 2.05) is 42.5 Å². The van der Waals surface area contributed by atoms with Crippen LogP contribution in [0.25, 0.3) is 21.8 Å². The zero-order valence-corrected chi connectivity index (χ0v) is 29.4. The largest absolute Gasteiger partial charge is 0.476 e. The van der Waals surface area contributed by atoms with E-state index in [1.165, 1.54) is 37.2 Å². The monoisotopic (exact) mass is 926 g/mol. The van der Waals surface area contributed by atoms with Crippen molar-refractivity contribution in [1.82, 2.24) is 29.9 Å². The summed E-state index contributed by atoms with van der Waals surface area (Å²) in [6.07, 6.45) is 11.8. The molecule has 0 unspecified atom stereocenters. The number of nitrogens with one attached hydrogen (secondary N) is 1. The first-order valence-electron chi connectivity index (χ1n) is 12.3. The van der Waals surface area contributed by atoms with Crippen LogP contribution in [0.3, 0.4) is 0 Å². The molecule has 0 atom stereocenters. The van der Waals surface area contributed by atoms with Gasteiger partial charge in [-0.15, -0.1) is 0 Å². The van der Waals surface area contributed by atoms with E-state index >= 15 is 0 Å². The second-order valence-electron chi connectivity index (χ2n) is 7.97. The van der Waals surface area contributed by atoms with E-state index in [9.17, 15) is 9.59 Å². The van der Waals surface area contributed by atoms with Crippen LogP contribution in [0.15, 0.2) is 107 Å². The molecule has 6 rings (SSSR count). The first-order valence-corrected chi connectivity index (χ1v) is 13.3. The summed E-state index contributed by atoms with van der Waals surface area (Å²) in [6, 6.07) is 15.1. The minimum absolute atomic E-state index is 0. The molecule has 0 saturated carbocycles. The van der Waals surface area contributed by atoms with Crippen LogP contribution in [0, 0.1) is 31.1 Å². The molecule has 6 aromatic rings. The molecule has 212 valence electrons. The van der Waals surface area contributed by atoms with E-state index in [0.717, 1.165) is 30.8 Å². The van der Waals surface area contributed by atoms with Gasteiger partial charge in [0.25, 0.3) is 5.91 Å². The third kappa shape index (κ3) is 9.62. The summed E-state index contributed by atoms with van der Waals surface area (Å²) < 4.78 is 7.21. The van der Waals surface area contributed by atoms with Crippen LogP contribution >= 0.6 is 31.9 Å². The van der Waals surface area contributed by atoms with Crippen LogP contribution in [-0.2, 0) is 0 Å². The minimum Gasteiger partial charge on any atom is -0.476 e. The Morgan fingerprint density at radius 2 is 1.28 bits per heavy atom. The van der Waals surface area contributed by atoms with Gasteiger partial charge >= 0.3 is 5.97 Å². The number of hydrogen-bond acceptors (Lipinski definition) is 9. The number of pyridine rings is 2. The standard InChI is InChI=1S/C14H9BrN4O.C9H7BrN2.C5H4N2O2.BH.U/c15-10-3-4-11(13-9(10)2-1-5-18-13)19-14(20)12-8-16-6-7-17-12;10-7-3-4-8(11)9-6(7)2-1-5-12-9;8-5(9)4-3-6-1-2-7-4;;/h1-8H,(H,19,20);1-5H,11H2;1-3H,(H,8,9);1H;/i;;;1T;. The van der Waals surface area contributed by atoms with Crippen LogP contribution in [-0.4, -0.2) is 56.6 Å². The Morgan fingerprint density at radius 1 is 0.744 bits per heavy atom. The minimum atomic E-state index is -1.05. The van der Waals surface area contributed by atoms with Crippen molar-refractivity contribution < 1.29 is 45.8 Å². The topological polar surface area (TPSA) is 170 Å². The van der Waals surface area contributed by atoms with E-state index in [4.69, 9.17) is 12.2 Å². The van der Waals surface area contributed by atoms with Crippen molar-refractivity contribution in [3.63, 3.8) is 0 Å². The van der Waals surface area contributed by atoms with Gasteiger partial charge in [0, 0.05) is 96.4 Å². The van der Waals surface area contributed by atoms with E-state index in [0.29, 0.717) is 11.4 Å². The van der Waals surface area contributed by atoms with Crippen LogP contribution in [0.2, 0.25) is 0 Å². The van der Waals surface area contributed by atoms with E-state index in [2.05, 4.69) is 75.5 Å². The average Bonchev–Trinajstić information content (AvgIpc) is 3.07. The number of nitrogens with zero attached hydrogens (tertiary/aromatic N) is 6. The van der Waals surface area contributed by atoms with Crippen molar-refractivity contribution in [1.29, 1.82) is 1.34 Å². The number of halogens is 2. The van der Waals surface area contributed by atoms with Crippen molar-refractivity contribution >= 4 is 85.3 Å². The molecule has 0 aliphatic carbocycles. The van der Waals surface area contributed by atoms with Crippen LogP contribution in [0.4, 0.5) is 11.4 Å². The van der Waals surface area contributed by atoms with Gasteiger partial charge in [0.15, 0.2) is 5.69 Å². The number of aromatic carboxylic acids is 1. The zero-order chi connectivity index (χ0) is 31.2. The molecule has 0 fully saturated rings. The molecule has 0 bridgehead atoms. The van der Waals surface area contributed by atoms with Crippen LogP contribution in [0.5, 0.6) is 0 Å². The molecule has 4 aromatic heterocycles. The Kier molecular flexibility index (Phi) is 13.6. The third-order valence-corrected chi connectivity index (χ3v) is 6.67. The normalized spacial score (nSPS) is 9.77. The van der Waals surface area contributed by atoms with E-state index < -0.39 is 5.97 Å². The number of hydrogen-bond donors (Lipinski definition) is 3. The maximum absolute atomic E-state index is 12.1. The fourth-order valence-electron chi connectivity index (χ4n) is 3.41. The van der Waals surface area contributed by atoms with Crippen LogP contribution < -0.4 is 11.1 Å². The molecule has 0 aliphatic heterocycles. The number of carboxylic acid groups (broad SMARTS) is 1. The Labute approximate surface area is 289 Å². The number of carbonyl (C=O) groups is 2. The number of fused-ring (bicyclic) bond motifs is 2. The molecular formula is C28H21BBr2N8O3U. The molecule has 11 nitrogen and oxygen atoms in total. The molecule has 15 heteroatoms. The summed E-state index contributed by atoms with van der Waals surface area (Å²) in [4.78, 5) is 45.6. The van der Waals surface area contributed by atoms with Crippen molar-refractivity contribution in [2.45, 2.75) is 0 Å². The molecule has 4 heterocycles. The number of nitrogen functional groups attached to an aromatic ring is 1. The average molecular weight is 928 g/mol. The molecule has 2 radical (unpaired) electrons. The molecule has 43 heavy (non-hydrogen) atoms. The number of amides is 1. The quantitative estimate of drug-likeness (QED) is 0.160. The Hall–Kier alpha value is -3.76. The van der Waals surface area contributed by atoms with E-state index in [1.54, 1.807) is 18.5 Å². The van der Waals surface area contributed by atoms with E-state index in [-0.39, 0.29) is 48.4 Å². The number of aromatic nitrogens is 6. The number of rotatable bonds is 3. The fraction of sp³-hybridized carbons (Fsp3) is 0. The van der Waals surface area contributed by atoms with Crippen LogP contribution in [0.1, 0.15) is 21.0 Å². The third-order valence-electron chi connectivity index (χ3n) is 5.29. The van der Waals surface area contributed by atoms with Crippen molar-refractivity contribution in [2.75, 3.05) is 11.1 Å². The number of carbonyl (C=O) groups excluding carboxylic acids is 1. The summed E-state index contributed by atoms with van der Waals surface area (Å²) in [6.45, 7) is 0. The number of nitrogens with two attached hydrogens (primary N) is 1. The summed E-state index contributed by atoms with van der Waals surface area (Å²) in [5.41, 5.74) is 8.90. The Bertz CT molecular complexity index is 1790. The molecule has 1 amide bonds. The maximum Gasteiger partial charge on any atom is 0.356 e. The summed E-state index contributed by atoms with van der Waals surface area (Å²) >= 11 is 6.90. The van der Waals surface area contributed by atoms with Gasteiger partial charge in [-0.2, -0.15) is 0 Å². The first kappa shape index (κ1) is 33.7. The predicted molar refractivity (Wildman–Crippen MR) is 169 cm³/mol. The fourth-order valence-corrected chi connectivity index (χ4v) is 4.31. The number of anilines is 2. The van der Waals surface area contributed by atoms with Crippen molar-refractivity contribution in [3.8, 4) is 0 Å². The second kappa shape index (κ2) is 17.4. The van der Waals surface area contributed by atoms with Gasteiger partial charge in [0.2, 0.25) is 0 Å². The smallest absolute Gasteiger partial charge is 0.356 e. The van der Waals surface area contributed by atoms with Crippen molar-refractivity contribution in [2.24, 2.45) is 0 Å². The van der Waals surface area contributed by atoms with Gasteiger partial charge in [-0.05, 0) is 37.7 Å². The van der Waals surface area contributed by atoms with Gasteiger partial charge < -0.3 is 16.2 Å². The Balaban J connectivity index is 0.000000241. The van der Waals surface area contributed by atoms with Crippen molar-refractivity contribution in [3.05, 3.63) is 118 Å². The van der Waals surface area contributed by atoms with Gasteiger partial charge in [-0.3, -0.25) is 24.7 Å². The molecule has 0 saturated heterocycles. The molecule has 0 spiro atoms. The predicted octanol–water partition coefficient (Wildman–Crippen LogP) is 5.15. The molecule has 4 N–H and O–H groups in total. The van der Waals surface area contributed by atoms with Gasteiger partial charge in [-0.25, -0.2) is 14.8 Å². The van der Waals surface area contributed by atoms with Gasteiger partial charge in [0.05, 0.1) is 34.8 Å². The first-order chi connectivity index (χ1) is 20.8. The maximum atomic E-state index is 12.1. The summed E-state index contributed by atoms with van der Waals surface area (Å²) in [5, 5.41) is 13.1. The molecule has 2 aromatic carbocycles. The van der Waals surface area contributed by atoms with Gasteiger partial charge in [-0.1, -0.05) is 44.0 Å². The zero-order valence-electron chi connectivity index (χ0n) is 23.1. The summed E-state index contributed by atoms with van der Waals surface area (Å²) in [5.74, 6) is -1.37. The Morgan fingerprint density at radius 3 is 1.79 bits per heavy atom. The van der Waals surface area contributed by atoms with Gasteiger partial charge in [0.1, 0.15) is 5.69 Å². The number of benzene rings is 2. The second-order valence-corrected chi connectivity index (χ2v) is 9.68. The molecular weight excluding hydrogens is 905 g/mol.